The van der Waals surface area contributed by atoms with Gasteiger partial charge in [-0.2, -0.15) is 5.10 Å². The number of halogens is 1. The maximum atomic E-state index is 12.1. The van der Waals surface area contributed by atoms with Gasteiger partial charge in [-0.3, -0.25) is 9.59 Å². The summed E-state index contributed by atoms with van der Waals surface area (Å²) in [5, 5.41) is 7.28. The average Bonchev–Trinajstić information content (AvgIpc) is 3.03. The van der Waals surface area contributed by atoms with Crippen LogP contribution in [-0.2, 0) is 20.9 Å². The molecule has 1 amide bonds. The summed E-state index contributed by atoms with van der Waals surface area (Å²) < 4.78 is 7.52. The van der Waals surface area contributed by atoms with Crippen molar-refractivity contribution in [2.45, 2.75) is 32.7 Å². The van der Waals surface area contributed by atoms with E-state index in [2.05, 4.69) is 26.3 Å². The maximum absolute atomic E-state index is 12.1. The van der Waals surface area contributed by atoms with Gasteiger partial charge < -0.3 is 10.1 Å². The van der Waals surface area contributed by atoms with Crippen LogP contribution in [0, 0.1) is 6.92 Å². The molecule has 0 saturated heterocycles. The van der Waals surface area contributed by atoms with Crippen LogP contribution in [0.2, 0.25) is 0 Å². The molecule has 0 fully saturated rings. The molecule has 0 unspecified atom stereocenters. The van der Waals surface area contributed by atoms with Gasteiger partial charge in [0.2, 0.25) is 5.91 Å². The lowest BCUT2D eigenvalue weighted by Crippen LogP contribution is -2.26. The van der Waals surface area contributed by atoms with Gasteiger partial charge in [-0.05, 0) is 41.9 Å². The van der Waals surface area contributed by atoms with Crippen LogP contribution in [-0.4, -0.2) is 28.3 Å². The molecule has 2 aromatic heterocycles. The number of hydrogen-bond acceptors (Lipinski definition) is 5. The summed E-state index contributed by atoms with van der Waals surface area (Å²) in [5.41, 5.74) is 1.79. The van der Waals surface area contributed by atoms with Gasteiger partial charge in [-0.25, -0.2) is 4.68 Å². The molecule has 0 spiro atoms. The van der Waals surface area contributed by atoms with Crippen LogP contribution in [0.3, 0.4) is 0 Å². The number of rotatable bonds is 4. The lowest BCUT2D eigenvalue weighted by molar-refractivity contribution is -0.144. The summed E-state index contributed by atoms with van der Waals surface area (Å²) in [6.07, 6.45) is 0.381. The predicted octanol–water partition coefficient (Wildman–Crippen LogP) is 3.05. The largest absolute Gasteiger partial charge is 0.465 e. The van der Waals surface area contributed by atoms with E-state index in [1.165, 1.54) is 4.68 Å². The standard InChI is InChI=1S/C15H16BrN3O3S/c1-3-22-13(21)7-19-15-14(8(2)18-19)9(6-12(20)17-15)10-4-5-11(16)23-10/h4-5,9H,3,6-7H2,1-2H3,(H,17,20)/t9-/m1/s1. The average molecular weight is 398 g/mol. The highest BCUT2D eigenvalue weighted by atomic mass is 79.9. The first kappa shape index (κ1) is 16.2. The van der Waals surface area contributed by atoms with E-state index in [4.69, 9.17) is 4.74 Å². The normalized spacial score (nSPS) is 16.8. The smallest absolute Gasteiger partial charge is 0.327 e. The molecule has 0 bridgehead atoms. The summed E-state index contributed by atoms with van der Waals surface area (Å²) in [7, 11) is 0. The van der Waals surface area contributed by atoms with E-state index < -0.39 is 0 Å². The van der Waals surface area contributed by atoms with Gasteiger partial charge in [0.1, 0.15) is 12.4 Å². The number of hydrogen-bond donors (Lipinski definition) is 1. The second kappa shape index (κ2) is 6.45. The van der Waals surface area contributed by atoms with Crippen molar-refractivity contribution >= 4 is 45.0 Å². The van der Waals surface area contributed by atoms with Gasteiger partial charge in [0, 0.05) is 22.8 Å². The summed E-state index contributed by atoms with van der Waals surface area (Å²) >= 11 is 5.07. The van der Waals surface area contributed by atoms with E-state index in [1.54, 1.807) is 18.3 Å². The molecule has 122 valence electrons. The van der Waals surface area contributed by atoms with Crippen LogP contribution in [0.15, 0.2) is 15.9 Å². The van der Waals surface area contributed by atoms with Gasteiger partial charge >= 0.3 is 5.97 Å². The fourth-order valence-electron chi connectivity index (χ4n) is 2.82. The van der Waals surface area contributed by atoms with Gasteiger partial charge in [0.05, 0.1) is 16.1 Å². The maximum Gasteiger partial charge on any atom is 0.327 e. The van der Waals surface area contributed by atoms with Crippen molar-refractivity contribution in [2.24, 2.45) is 0 Å². The van der Waals surface area contributed by atoms with Crippen molar-refractivity contribution in [1.29, 1.82) is 0 Å². The first-order chi connectivity index (χ1) is 11.0. The third kappa shape index (κ3) is 3.18. The van der Waals surface area contributed by atoms with Crippen LogP contribution in [0.25, 0.3) is 0 Å². The van der Waals surface area contributed by atoms with Gasteiger partial charge in [-0.1, -0.05) is 0 Å². The minimum absolute atomic E-state index is 0.00878. The van der Waals surface area contributed by atoms with E-state index in [-0.39, 0.29) is 24.3 Å². The van der Waals surface area contributed by atoms with Gasteiger partial charge in [0.15, 0.2) is 0 Å². The van der Waals surface area contributed by atoms with Crippen molar-refractivity contribution in [2.75, 3.05) is 11.9 Å². The number of amides is 1. The van der Waals surface area contributed by atoms with Crippen LogP contribution >= 0.6 is 27.3 Å². The number of carbonyl (C=O) groups excluding carboxylic acids is 2. The van der Waals surface area contributed by atoms with Crippen molar-refractivity contribution in [1.82, 2.24) is 9.78 Å². The number of fused-ring (bicyclic) bond motifs is 1. The highest BCUT2D eigenvalue weighted by Gasteiger charge is 2.33. The van der Waals surface area contributed by atoms with Crippen LogP contribution < -0.4 is 5.32 Å². The fraction of sp³-hybridized carbons (Fsp3) is 0.400. The second-order valence-electron chi connectivity index (χ2n) is 5.26. The van der Waals surface area contributed by atoms with E-state index in [1.807, 2.05) is 19.1 Å². The van der Waals surface area contributed by atoms with E-state index in [9.17, 15) is 9.59 Å². The molecule has 6 nitrogen and oxygen atoms in total. The Morgan fingerprint density at radius 2 is 2.35 bits per heavy atom. The van der Waals surface area contributed by atoms with Crippen molar-refractivity contribution < 1.29 is 14.3 Å². The van der Waals surface area contributed by atoms with Crippen LogP contribution in [0.4, 0.5) is 5.82 Å². The van der Waals surface area contributed by atoms with E-state index in [0.717, 1.165) is 19.9 Å². The number of aryl methyl sites for hydroxylation is 1. The van der Waals surface area contributed by atoms with Crippen molar-refractivity contribution in [3.05, 3.63) is 32.1 Å². The Morgan fingerprint density at radius 3 is 3.00 bits per heavy atom. The molecular weight excluding hydrogens is 382 g/mol. The zero-order valence-electron chi connectivity index (χ0n) is 12.8. The number of anilines is 1. The first-order valence-corrected chi connectivity index (χ1v) is 8.88. The molecule has 0 saturated carbocycles. The predicted molar refractivity (Wildman–Crippen MR) is 90.7 cm³/mol. The summed E-state index contributed by atoms with van der Waals surface area (Å²) in [6, 6.07) is 3.99. The third-order valence-corrected chi connectivity index (χ3v) is 5.43. The molecule has 3 heterocycles. The number of esters is 1. The van der Waals surface area contributed by atoms with Crippen molar-refractivity contribution in [3.8, 4) is 0 Å². The number of thiophene rings is 1. The highest BCUT2D eigenvalue weighted by molar-refractivity contribution is 9.11. The number of nitrogens with zero attached hydrogens (tertiary/aromatic N) is 2. The molecule has 1 aliphatic rings. The Bertz CT molecular complexity index is 768. The van der Waals surface area contributed by atoms with E-state index >= 15 is 0 Å². The molecule has 1 atom stereocenters. The Labute approximate surface area is 146 Å². The molecular formula is C15H16BrN3O3S. The minimum atomic E-state index is -0.368. The molecule has 1 N–H and O–H groups in total. The number of aromatic nitrogens is 2. The lowest BCUT2D eigenvalue weighted by atomic mass is 9.91. The lowest BCUT2D eigenvalue weighted by Gasteiger charge is -2.23. The fourth-order valence-corrected chi connectivity index (χ4v) is 4.35. The Balaban J connectivity index is 2.00. The number of ether oxygens (including phenoxy) is 1. The van der Waals surface area contributed by atoms with Gasteiger partial charge in [-0.15, -0.1) is 11.3 Å². The zero-order valence-corrected chi connectivity index (χ0v) is 15.2. The first-order valence-electron chi connectivity index (χ1n) is 7.27. The topological polar surface area (TPSA) is 73.2 Å². The molecule has 23 heavy (non-hydrogen) atoms. The molecule has 0 aliphatic carbocycles. The molecule has 1 aliphatic heterocycles. The Morgan fingerprint density at radius 1 is 1.57 bits per heavy atom. The molecule has 0 aromatic carbocycles. The summed E-state index contributed by atoms with van der Waals surface area (Å²) in [6.45, 7) is 3.96. The summed E-state index contributed by atoms with van der Waals surface area (Å²) in [4.78, 5) is 25.0. The Kier molecular flexibility index (Phi) is 4.54. The molecule has 3 rings (SSSR count). The zero-order chi connectivity index (χ0) is 16.6. The van der Waals surface area contributed by atoms with Crippen molar-refractivity contribution in [3.63, 3.8) is 0 Å². The van der Waals surface area contributed by atoms with Crippen LogP contribution in [0.5, 0.6) is 0 Å². The summed E-state index contributed by atoms with van der Waals surface area (Å²) in [5.74, 6) is 0.123. The second-order valence-corrected chi connectivity index (χ2v) is 7.75. The minimum Gasteiger partial charge on any atom is -0.465 e. The number of carbonyl (C=O) groups is 2. The number of nitrogens with one attached hydrogen (secondary N) is 1. The molecule has 8 heteroatoms. The quantitative estimate of drug-likeness (QED) is 0.804. The molecule has 0 radical (unpaired) electrons. The van der Waals surface area contributed by atoms with Gasteiger partial charge in [0.25, 0.3) is 0 Å². The Hall–Kier alpha value is -1.67. The van der Waals surface area contributed by atoms with Crippen LogP contribution in [0.1, 0.15) is 35.4 Å². The molecule has 2 aromatic rings. The third-order valence-electron chi connectivity index (χ3n) is 3.69. The monoisotopic (exact) mass is 397 g/mol. The van der Waals surface area contributed by atoms with E-state index in [0.29, 0.717) is 18.8 Å². The highest BCUT2D eigenvalue weighted by Crippen LogP contribution is 2.42. The SMILES string of the molecule is CCOC(=O)Cn1nc(C)c2c1NC(=O)C[C@@H]2c1ccc(Br)s1.